The first kappa shape index (κ1) is 31.2. The number of amides is 2. The topological polar surface area (TPSA) is 130 Å². The fourth-order valence-electron chi connectivity index (χ4n) is 3.77. The van der Waals surface area contributed by atoms with E-state index in [1.807, 2.05) is 44.2 Å². The molecule has 3 unspecified atom stereocenters. The Kier molecular flexibility index (Phi) is 13.2. The summed E-state index contributed by atoms with van der Waals surface area (Å²) in [6.45, 7) is 10.6. The molecule has 0 aromatic heterocycles. The van der Waals surface area contributed by atoms with Crippen molar-refractivity contribution in [2.24, 2.45) is 16.9 Å². The summed E-state index contributed by atoms with van der Waals surface area (Å²) >= 11 is 0. The number of nitrogens with two attached hydrogens (primary N) is 2. The molecule has 0 saturated carbocycles. The van der Waals surface area contributed by atoms with E-state index in [1.54, 1.807) is 0 Å². The van der Waals surface area contributed by atoms with Gasteiger partial charge < -0.3 is 27.2 Å². The largest absolute Gasteiger partial charge is 0.382 e. The zero-order valence-corrected chi connectivity index (χ0v) is 21.2. The zero-order valence-electron chi connectivity index (χ0n) is 21.2. The Balaban J connectivity index is 2.63. The molecule has 7 N–H and O–H groups in total. The van der Waals surface area contributed by atoms with Crippen molar-refractivity contribution >= 4 is 11.8 Å². The molecule has 200 valence electrons. The van der Waals surface area contributed by atoms with Crippen LogP contribution in [0.2, 0.25) is 0 Å². The number of hydrogen-bond acceptors (Lipinski definition) is 5. The molecule has 7 nitrogen and oxygen atoms in total. The fraction of sp³-hybridized carbons (Fsp3) is 0.481. The molecule has 0 saturated heterocycles. The highest BCUT2D eigenvalue weighted by Gasteiger charge is 2.30. The standard InChI is InChI=1S/C27H40F2N4O3/c1-5-27(6-2,16-32-24(34)15-22(30)14-21(19(4)29)12-18(3)28)17-33-26(36)25(35)23(31)13-20-10-8-7-9-11-20/h7-12,22-23,25,35H,3-6,13-17,30-31H2,1-2H3,(H,32,34)(H,33,36)/b21-12-. The summed E-state index contributed by atoms with van der Waals surface area (Å²) in [6, 6.07) is 7.84. The summed E-state index contributed by atoms with van der Waals surface area (Å²) in [5, 5.41) is 16.0. The van der Waals surface area contributed by atoms with Crippen LogP contribution in [0.4, 0.5) is 8.78 Å². The lowest BCUT2D eigenvalue weighted by Crippen LogP contribution is -2.51. The molecule has 0 heterocycles. The van der Waals surface area contributed by atoms with Crippen molar-refractivity contribution in [2.45, 2.75) is 64.1 Å². The molecule has 0 radical (unpaired) electrons. The molecular formula is C27H40F2N4O3. The molecule has 0 bridgehead atoms. The second-order valence-electron chi connectivity index (χ2n) is 9.19. The Bertz CT molecular complexity index is 917. The first-order valence-electron chi connectivity index (χ1n) is 12.1. The van der Waals surface area contributed by atoms with Gasteiger partial charge in [0.25, 0.3) is 0 Å². The van der Waals surface area contributed by atoms with E-state index in [1.165, 1.54) is 0 Å². The first-order chi connectivity index (χ1) is 16.9. The lowest BCUT2D eigenvalue weighted by Gasteiger charge is -2.33. The van der Waals surface area contributed by atoms with Gasteiger partial charge >= 0.3 is 0 Å². The molecule has 0 aliphatic carbocycles. The summed E-state index contributed by atoms with van der Waals surface area (Å²) in [4.78, 5) is 25.0. The Morgan fingerprint density at radius 1 is 1.06 bits per heavy atom. The minimum atomic E-state index is -1.38. The van der Waals surface area contributed by atoms with E-state index in [4.69, 9.17) is 11.5 Å². The number of benzene rings is 1. The molecule has 0 aliphatic rings. The van der Waals surface area contributed by atoms with E-state index in [0.717, 1.165) is 11.6 Å². The second kappa shape index (κ2) is 15.3. The number of halogens is 2. The predicted octanol–water partition coefficient (Wildman–Crippen LogP) is 2.96. The SMILES string of the molecule is C=C(F)/C=C(/CC(N)CC(=O)NCC(CC)(CC)CNC(=O)C(O)C(N)Cc1ccccc1)C(=C)F. The van der Waals surface area contributed by atoms with Crippen LogP contribution in [0.15, 0.2) is 66.8 Å². The van der Waals surface area contributed by atoms with Gasteiger partial charge in [-0.25, -0.2) is 8.78 Å². The van der Waals surface area contributed by atoms with Crippen LogP contribution >= 0.6 is 0 Å². The number of aliphatic hydroxyl groups is 1. The van der Waals surface area contributed by atoms with Crippen LogP contribution in [0.5, 0.6) is 0 Å². The Morgan fingerprint density at radius 2 is 1.64 bits per heavy atom. The smallest absolute Gasteiger partial charge is 0.250 e. The summed E-state index contributed by atoms with van der Waals surface area (Å²) in [5.41, 5.74) is 12.4. The summed E-state index contributed by atoms with van der Waals surface area (Å²) in [7, 11) is 0. The minimum Gasteiger partial charge on any atom is -0.382 e. The van der Waals surface area contributed by atoms with E-state index in [-0.39, 0.29) is 37.4 Å². The van der Waals surface area contributed by atoms with Crippen molar-refractivity contribution in [3.05, 3.63) is 72.4 Å². The summed E-state index contributed by atoms with van der Waals surface area (Å²) in [6.07, 6.45) is 0.997. The van der Waals surface area contributed by atoms with E-state index in [2.05, 4.69) is 23.8 Å². The fourth-order valence-corrected chi connectivity index (χ4v) is 3.77. The summed E-state index contributed by atoms with van der Waals surface area (Å²) in [5.74, 6) is -2.59. The van der Waals surface area contributed by atoms with Crippen LogP contribution in [0.25, 0.3) is 0 Å². The highest BCUT2D eigenvalue weighted by Crippen LogP contribution is 2.25. The van der Waals surface area contributed by atoms with E-state index < -0.39 is 41.2 Å². The number of rotatable bonds is 16. The lowest BCUT2D eigenvalue weighted by molar-refractivity contribution is -0.130. The molecule has 2 amide bonds. The van der Waals surface area contributed by atoms with Crippen LogP contribution in [0.3, 0.4) is 0 Å². The van der Waals surface area contributed by atoms with Gasteiger partial charge in [-0.3, -0.25) is 9.59 Å². The number of aliphatic hydroxyl groups excluding tert-OH is 1. The number of hydrogen-bond donors (Lipinski definition) is 5. The Morgan fingerprint density at radius 3 is 2.17 bits per heavy atom. The molecule has 1 rings (SSSR count). The van der Waals surface area contributed by atoms with Crippen molar-refractivity contribution < 1.29 is 23.5 Å². The molecule has 1 aromatic carbocycles. The average molecular weight is 507 g/mol. The minimum absolute atomic E-state index is 0.0500. The maximum Gasteiger partial charge on any atom is 0.250 e. The number of nitrogens with one attached hydrogen (secondary N) is 2. The van der Waals surface area contributed by atoms with Crippen molar-refractivity contribution in [2.75, 3.05) is 13.1 Å². The highest BCUT2D eigenvalue weighted by atomic mass is 19.1. The van der Waals surface area contributed by atoms with E-state index >= 15 is 0 Å². The van der Waals surface area contributed by atoms with Crippen LogP contribution in [-0.2, 0) is 16.0 Å². The third-order valence-corrected chi connectivity index (χ3v) is 6.40. The lowest BCUT2D eigenvalue weighted by atomic mass is 9.82. The van der Waals surface area contributed by atoms with E-state index in [9.17, 15) is 23.5 Å². The average Bonchev–Trinajstić information content (AvgIpc) is 2.83. The normalized spacial score (nSPS) is 14.5. The molecule has 9 heteroatoms. The number of carbonyl (C=O) groups is 2. The molecule has 0 spiro atoms. The second-order valence-corrected chi connectivity index (χ2v) is 9.19. The van der Waals surface area contributed by atoms with Gasteiger partial charge in [0.1, 0.15) is 17.8 Å². The zero-order chi connectivity index (χ0) is 27.3. The molecular weight excluding hydrogens is 466 g/mol. The molecule has 0 aliphatic heterocycles. The molecule has 3 atom stereocenters. The molecule has 0 fully saturated rings. The van der Waals surface area contributed by atoms with Gasteiger partial charge in [-0.05, 0) is 42.9 Å². The Labute approximate surface area is 212 Å². The van der Waals surface area contributed by atoms with Gasteiger partial charge in [0, 0.05) is 37.0 Å². The van der Waals surface area contributed by atoms with Crippen LogP contribution in [-0.4, -0.2) is 48.2 Å². The summed E-state index contributed by atoms with van der Waals surface area (Å²) < 4.78 is 26.5. The highest BCUT2D eigenvalue weighted by molar-refractivity contribution is 5.81. The number of allylic oxidation sites excluding steroid dienone is 3. The maximum atomic E-state index is 13.5. The quantitative estimate of drug-likeness (QED) is 0.220. The van der Waals surface area contributed by atoms with E-state index in [0.29, 0.717) is 19.3 Å². The van der Waals surface area contributed by atoms with Crippen molar-refractivity contribution in [3.8, 4) is 0 Å². The third kappa shape index (κ3) is 10.8. The van der Waals surface area contributed by atoms with Gasteiger partial charge in [-0.2, -0.15) is 0 Å². The maximum absolute atomic E-state index is 13.5. The van der Waals surface area contributed by atoms with Gasteiger partial charge in [0.2, 0.25) is 11.8 Å². The molecule has 1 aromatic rings. The predicted molar refractivity (Wildman–Crippen MR) is 139 cm³/mol. The van der Waals surface area contributed by atoms with Gasteiger partial charge in [0.15, 0.2) is 0 Å². The molecule has 36 heavy (non-hydrogen) atoms. The van der Waals surface area contributed by atoms with Crippen molar-refractivity contribution in [3.63, 3.8) is 0 Å². The van der Waals surface area contributed by atoms with Gasteiger partial charge in [0.05, 0.1) is 0 Å². The van der Waals surface area contributed by atoms with Crippen LogP contribution in [0, 0.1) is 5.41 Å². The van der Waals surface area contributed by atoms with Gasteiger partial charge in [-0.15, -0.1) is 0 Å². The van der Waals surface area contributed by atoms with Crippen LogP contribution < -0.4 is 22.1 Å². The van der Waals surface area contributed by atoms with Crippen LogP contribution in [0.1, 0.15) is 45.1 Å². The number of carbonyl (C=O) groups excluding carboxylic acids is 2. The van der Waals surface area contributed by atoms with Crippen molar-refractivity contribution in [1.82, 2.24) is 10.6 Å². The Hall–Kier alpha value is -2.88. The third-order valence-electron chi connectivity index (χ3n) is 6.40. The van der Waals surface area contributed by atoms with Crippen molar-refractivity contribution in [1.29, 1.82) is 0 Å². The first-order valence-corrected chi connectivity index (χ1v) is 12.1. The monoisotopic (exact) mass is 506 g/mol. The van der Waals surface area contributed by atoms with Gasteiger partial charge in [-0.1, -0.05) is 57.3 Å².